The molecule has 1 saturated heterocycles. The Hall–Kier alpha value is -0.660. The van der Waals surface area contributed by atoms with E-state index in [0.717, 1.165) is 18.9 Å². The first-order valence-corrected chi connectivity index (χ1v) is 4.10. The monoisotopic (exact) mass is 154 g/mol. The van der Waals surface area contributed by atoms with Crippen molar-refractivity contribution in [2.75, 3.05) is 20.1 Å². The summed E-state index contributed by atoms with van der Waals surface area (Å²) in [4.78, 5) is 4.54. The van der Waals surface area contributed by atoms with Crippen molar-refractivity contribution in [3.63, 3.8) is 0 Å². The van der Waals surface area contributed by atoms with Gasteiger partial charge in [0.25, 0.3) is 0 Å². The average molecular weight is 154 g/mol. The topological polar surface area (TPSA) is 6.48 Å². The predicted octanol–water partition coefficient (Wildman–Crippen LogP) is 1.50. The van der Waals surface area contributed by atoms with Gasteiger partial charge in [-0.2, -0.15) is 0 Å². The summed E-state index contributed by atoms with van der Waals surface area (Å²) in [7, 11) is 2.09. The molecular formula is C9H18N2. The molecule has 0 aromatic carbocycles. The molecule has 1 aliphatic heterocycles. The number of hydrogen-bond acceptors (Lipinski definition) is 2. The van der Waals surface area contributed by atoms with E-state index in [9.17, 15) is 0 Å². The van der Waals surface area contributed by atoms with E-state index < -0.39 is 0 Å². The Morgan fingerprint density at radius 3 is 2.00 bits per heavy atom. The largest absolute Gasteiger partial charge is 0.360 e. The van der Waals surface area contributed by atoms with E-state index in [2.05, 4.69) is 44.2 Å². The zero-order valence-electron chi connectivity index (χ0n) is 8.02. The van der Waals surface area contributed by atoms with Gasteiger partial charge in [-0.15, -0.1) is 0 Å². The van der Waals surface area contributed by atoms with Crippen LogP contribution in [0.3, 0.4) is 0 Å². The van der Waals surface area contributed by atoms with Gasteiger partial charge in [-0.25, -0.2) is 0 Å². The van der Waals surface area contributed by atoms with Crippen molar-refractivity contribution < 1.29 is 0 Å². The van der Waals surface area contributed by atoms with E-state index in [0.29, 0.717) is 0 Å². The summed E-state index contributed by atoms with van der Waals surface area (Å²) in [5, 5.41) is 0. The van der Waals surface area contributed by atoms with Crippen molar-refractivity contribution in [1.29, 1.82) is 0 Å². The van der Waals surface area contributed by atoms with Crippen LogP contribution >= 0.6 is 0 Å². The fraction of sp³-hybridized carbons (Fsp3) is 0.778. The highest BCUT2D eigenvalue weighted by atomic mass is 15.4. The molecule has 0 aliphatic carbocycles. The number of hydrogen-bond donors (Lipinski definition) is 0. The van der Waals surface area contributed by atoms with E-state index >= 15 is 0 Å². The minimum Gasteiger partial charge on any atom is -0.360 e. The maximum absolute atomic E-state index is 4.03. The highest BCUT2D eigenvalue weighted by Gasteiger charge is 2.28. The van der Waals surface area contributed by atoms with Gasteiger partial charge in [0, 0.05) is 25.7 Å². The van der Waals surface area contributed by atoms with E-state index in [4.69, 9.17) is 0 Å². The maximum atomic E-state index is 4.03. The molecule has 1 heterocycles. The normalized spacial score (nSPS) is 19.8. The lowest BCUT2D eigenvalue weighted by Crippen LogP contribution is -2.38. The average Bonchev–Trinajstić information content (AvgIpc) is 2.11. The third-order valence-electron chi connectivity index (χ3n) is 2.22. The first kappa shape index (κ1) is 8.44. The van der Waals surface area contributed by atoms with Crippen molar-refractivity contribution in [1.82, 2.24) is 9.80 Å². The summed E-state index contributed by atoms with van der Waals surface area (Å²) in [5.41, 5.74) is 0.224. The van der Waals surface area contributed by atoms with Gasteiger partial charge in [-0.3, -0.25) is 0 Å². The summed E-state index contributed by atoms with van der Waals surface area (Å²) in [6.07, 6.45) is 0. The van der Waals surface area contributed by atoms with Crippen LogP contribution in [-0.4, -0.2) is 35.5 Å². The summed E-state index contributed by atoms with van der Waals surface area (Å²) in [6, 6.07) is 0. The van der Waals surface area contributed by atoms with Crippen molar-refractivity contribution >= 4 is 0 Å². The molecule has 64 valence electrons. The molecule has 0 spiro atoms. The van der Waals surface area contributed by atoms with Crippen LogP contribution in [0.4, 0.5) is 0 Å². The van der Waals surface area contributed by atoms with Gasteiger partial charge in [0.1, 0.15) is 0 Å². The predicted molar refractivity (Wildman–Crippen MR) is 48.2 cm³/mol. The van der Waals surface area contributed by atoms with Crippen LogP contribution in [-0.2, 0) is 0 Å². The van der Waals surface area contributed by atoms with Crippen molar-refractivity contribution in [2.45, 2.75) is 26.3 Å². The number of rotatable bonds is 0. The fourth-order valence-corrected chi connectivity index (χ4v) is 1.44. The maximum Gasteiger partial charge on any atom is 0.0968 e. The lowest BCUT2D eigenvalue weighted by molar-refractivity contribution is 0.204. The first-order chi connectivity index (χ1) is 4.93. The van der Waals surface area contributed by atoms with E-state index in [1.54, 1.807) is 0 Å². The molecule has 1 fully saturated rings. The van der Waals surface area contributed by atoms with Crippen LogP contribution in [0.1, 0.15) is 20.8 Å². The van der Waals surface area contributed by atoms with Crippen LogP contribution in [0, 0.1) is 0 Å². The molecule has 0 amide bonds. The van der Waals surface area contributed by atoms with Crippen LogP contribution < -0.4 is 0 Å². The lowest BCUT2D eigenvalue weighted by Gasteiger charge is -2.34. The Bertz CT molecular complexity index is 167. The van der Waals surface area contributed by atoms with Gasteiger partial charge in [-0.05, 0) is 20.8 Å². The van der Waals surface area contributed by atoms with Gasteiger partial charge in [-0.1, -0.05) is 6.58 Å². The summed E-state index contributed by atoms with van der Waals surface area (Å²) in [5.74, 6) is 1.15. The van der Waals surface area contributed by atoms with Crippen molar-refractivity contribution in [2.24, 2.45) is 0 Å². The molecule has 1 aliphatic rings. The first-order valence-electron chi connectivity index (χ1n) is 4.10. The van der Waals surface area contributed by atoms with Gasteiger partial charge >= 0.3 is 0 Å². The van der Waals surface area contributed by atoms with E-state index in [-0.39, 0.29) is 5.54 Å². The quantitative estimate of drug-likeness (QED) is 0.522. The fourth-order valence-electron chi connectivity index (χ4n) is 1.44. The molecule has 0 unspecified atom stereocenters. The summed E-state index contributed by atoms with van der Waals surface area (Å²) >= 11 is 0. The zero-order valence-corrected chi connectivity index (χ0v) is 8.02. The smallest absolute Gasteiger partial charge is 0.0968 e. The van der Waals surface area contributed by atoms with Gasteiger partial charge in [0.2, 0.25) is 0 Å². The molecular weight excluding hydrogens is 136 g/mol. The Kier molecular flexibility index (Phi) is 1.87. The van der Waals surface area contributed by atoms with Gasteiger partial charge in [0.15, 0.2) is 0 Å². The Morgan fingerprint density at radius 2 is 1.82 bits per heavy atom. The van der Waals surface area contributed by atoms with Crippen molar-refractivity contribution in [3.05, 3.63) is 12.4 Å². The van der Waals surface area contributed by atoms with Crippen LogP contribution in [0.25, 0.3) is 0 Å². The lowest BCUT2D eigenvalue weighted by atomic mass is 10.1. The Labute approximate surface area is 69.5 Å². The molecule has 0 saturated carbocycles. The van der Waals surface area contributed by atoms with E-state index in [1.165, 1.54) is 0 Å². The third kappa shape index (κ3) is 1.50. The van der Waals surface area contributed by atoms with Crippen LogP contribution in [0.15, 0.2) is 12.4 Å². The number of likely N-dealkylation sites (N-methyl/N-ethyl adjacent to an activating group) is 1. The minimum absolute atomic E-state index is 0.224. The summed E-state index contributed by atoms with van der Waals surface area (Å²) < 4.78 is 0. The van der Waals surface area contributed by atoms with Crippen LogP contribution in [0.2, 0.25) is 0 Å². The molecule has 0 N–H and O–H groups in total. The molecule has 11 heavy (non-hydrogen) atoms. The molecule has 0 radical (unpaired) electrons. The Balaban J connectivity index is 2.70. The highest BCUT2D eigenvalue weighted by Crippen LogP contribution is 2.24. The second kappa shape index (κ2) is 2.43. The zero-order chi connectivity index (χ0) is 8.65. The second-order valence-corrected chi connectivity index (χ2v) is 4.16. The molecule has 1 rings (SSSR count). The van der Waals surface area contributed by atoms with Crippen LogP contribution in [0.5, 0.6) is 0 Å². The molecule has 2 heteroatoms. The third-order valence-corrected chi connectivity index (χ3v) is 2.22. The second-order valence-electron chi connectivity index (χ2n) is 4.16. The Morgan fingerprint density at radius 1 is 1.27 bits per heavy atom. The summed E-state index contributed by atoms with van der Waals surface area (Å²) in [6.45, 7) is 12.9. The van der Waals surface area contributed by atoms with Crippen molar-refractivity contribution in [3.8, 4) is 0 Å². The van der Waals surface area contributed by atoms with Gasteiger partial charge < -0.3 is 9.80 Å². The molecule has 0 bridgehead atoms. The SMILES string of the molecule is C=C1N(C)CCN1C(C)(C)C. The highest BCUT2D eigenvalue weighted by molar-refractivity contribution is 5.03. The molecule has 0 aromatic heterocycles. The number of nitrogens with zero attached hydrogens (tertiary/aromatic N) is 2. The van der Waals surface area contributed by atoms with E-state index in [1.807, 2.05) is 0 Å². The standard InChI is InChI=1S/C9H18N2/c1-8-10(5)6-7-11(8)9(2,3)4/h1,6-7H2,2-5H3. The molecule has 0 aromatic rings. The minimum atomic E-state index is 0.224. The molecule has 2 nitrogen and oxygen atoms in total. The van der Waals surface area contributed by atoms with Gasteiger partial charge in [0.05, 0.1) is 5.82 Å². The molecule has 0 atom stereocenters.